The molecule has 8 heteroatoms. The van der Waals surface area contributed by atoms with Crippen LogP contribution in [0.3, 0.4) is 0 Å². The van der Waals surface area contributed by atoms with Gasteiger partial charge in [-0.1, -0.05) is 66.2 Å². The molecule has 1 aliphatic rings. The fourth-order valence-corrected chi connectivity index (χ4v) is 4.65. The molecule has 1 unspecified atom stereocenters. The average Bonchev–Trinajstić information content (AvgIpc) is 2.99. The van der Waals surface area contributed by atoms with E-state index in [1.807, 2.05) is 66.7 Å². The number of halogens is 1. The first-order valence-electron chi connectivity index (χ1n) is 11.2. The Balaban J connectivity index is 1.51. The van der Waals surface area contributed by atoms with Gasteiger partial charge in [-0.15, -0.1) is 0 Å². The zero-order valence-electron chi connectivity index (χ0n) is 19.2. The lowest BCUT2D eigenvalue weighted by Gasteiger charge is -2.22. The predicted molar refractivity (Wildman–Crippen MR) is 149 cm³/mol. The molecule has 1 atom stereocenters. The number of benzodiazepines with no additional fused rings is 1. The fraction of sp³-hybridized carbons (Fsp3) is 0.0714. The molecule has 0 aromatic heterocycles. The topological polar surface area (TPSA) is 80.5 Å². The second kappa shape index (κ2) is 9.78. The number of nitrogens with one attached hydrogen (secondary N) is 2. The van der Waals surface area contributed by atoms with E-state index in [1.165, 1.54) is 0 Å². The minimum Gasteiger partial charge on any atom is -0.333 e. The van der Waals surface area contributed by atoms with Crippen LogP contribution in [0.15, 0.2) is 89.9 Å². The third kappa shape index (κ3) is 4.40. The van der Waals surface area contributed by atoms with Gasteiger partial charge in [0, 0.05) is 39.7 Å². The summed E-state index contributed by atoms with van der Waals surface area (Å²) in [6, 6.07) is 28.4. The molecule has 0 saturated heterocycles. The average molecular weight is 510 g/mol. The maximum Gasteiger partial charge on any atom is 0.272 e. The molecule has 5 rings (SSSR count). The molecule has 0 spiro atoms. The van der Waals surface area contributed by atoms with Gasteiger partial charge in [-0.25, -0.2) is 4.99 Å². The molecule has 4 aromatic rings. The van der Waals surface area contributed by atoms with Gasteiger partial charge < -0.3 is 15.5 Å². The molecule has 0 aliphatic carbocycles. The first kappa shape index (κ1) is 23.5. The molecule has 0 saturated carbocycles. The lowest BCUT2D eigenvalue weighted by molar-refractivity contribution is -0.119. The van der Waals surface area contributed by atoms with E-state index in [0.29, 0.717) is 22.0 Å². The zero-order valence-corrected chi connectivity index (χ0v) is 20.8. The third-order valence-corrected chi connectivity index (χ3v) is 6.46. The van der Waals surface area contributed by atoms with Crippen LogP contribution < -0.4 is 15.5 Å². The van der Waals surface area contributed by atoms with Gasteiger partial charge >= 0.3 is 0 Å². The Kier molecular flexibility index (Phi) is 6.38. The van der Waals surface area contributed by atoms with Crippen molar-refractivity contribution in [1.29, 1.82) is 5.26 Å². The van der Waals surface area contributed by atoms with Crippen molar-refractivity contribution in [1.82, 2.24) is 5.32 Å². The van der Waals surface area contributed by atoms with E-state index >= 15 is 0 Å². The molecule has 36 heavy (non-hydrogen) atoms. The molecule has 2 N–H and O–H groups in total. The number of amides is 1. The first-order chi connectivity index (χ1) is 17.5. The Morgan fingerprint density at radius 1 is 1.03 bits per heavy atom. The van der Waals surface area contributed by atoms with Crippen molar-refractivity contribution >= 4 is 62.7 Å². The highest BCUT2D eigenvalue weighted by Gasteiger charge is 2.30. The van der Waals surface area contributed by atoms with E-state index in [-0.39, 0.29) is 11.0 Å². The highest BCUT2D eigenvalue weighted by Crippen LogP contribution is 2.30. The van der Waals surface area contributed by atoms with Crippen LogP contribution in [-0.4, -0.2) is 29.9 Å². The number of hydrogen-bond donors (Lipinski definition) is 2. The second-order valence-electron chi connectivity index (χ2n) is 8.22. The number of fused-ring (bicyclic) bond motifs is 2. The summed E-state index contributed by atoms with van der Waals surface area (Å²) in [5, 5.41) is 18.1. The summed E-state index contributed by atoms with van der Waals surface area (Å²) in [5.74, 6) is -0.265. The molecule has 6 nitrogen and oxygen atoms in total. The Labute approximate surface area is 218 Å². The highest BCUT2D eigenvalue weighted by atomic mass is 35.5. The van der Waals surface area contributed by atoms with E-state index in [4.69, 9.17) is 28.8 Å². The number of carbonyl (C=O) groups excluding carboxylic acids is 1. The number of carbonyl (C=O) groups is 1. The van der Waals surface area contributed by atoms with Crippen LogP contribution in [0.5, 0.6) is 0 Å². The Morgan fingerprint density at radius 2 is 1.75 bits per heavy atom. The molecule has 0 fully saturated rings. The lowest BCUT2D eigenvalue weighted by Crippen LogP contribution is -2.47. The van der Waals surface area contributed by atoms with Gasteiger partial charge in [-0.2, -0.15) is 5.26 Å². The molecule has 0 radical (unpaired) electrons. The van der Waals surface area contributed by atoms with E-state index in [1.54, 1.807) is 30.1 Å². The monoisotopic (exact) mass is 509 g/mol. The second-order valence-corrected chi connectivity index (χ2v) is 9.07. The standard InChI is InChI=1S/C28H20ClN5OS/c1-34-24-14-12-19(29)15-22(24)25(17-7-3-2-4-8-17)32-26(27(34)35)33-28(36)31-23-13-11-18(16-30)20-9-5-6-10-21(20)23/h2-15,26H,1H3,(H2,31,33,36). The van der Waals surface area contributed by atoms with E-state index in [2.05, 4.69) is 16.7 Å². The molecule has 176 valence electrons. The van der Waals surface area contributed by atoms with Crippen molar-refractivity contribution in [2.45, 2.75) is 6.17 Å². The number of likely N-dealkylation sites (N-methyl/N-ethyl adjacent to an activating group) is 1. The maximum atomic E-state index is 13.5. The summed E-state index contributed by atoms with van der Waals surface area (Å²) in [4.78, 5) is 19.8. The molecule has 1 amide bonds. The van der Waals surface area contributed by atoms with E-state index in [9.17, 15) is 10.1 Å². The normalized spacial score (nSPS) is 14.9. The van der Waals surface area contributed by atoms with Gasteiger partial charge in [-0.05, 0) is 42.5 Å². The van der Waals surface area contributed by atoms with Gasteiger partial charge in [0.1, 0.15) is 0 Å². The largest absolute Gasteiger partial charge is 0.333 e. The van der Waals surface area contributed by atoms with Crippen molar-refractivity contribution < 1.29 is 4.79 Å². The first-order valence-corrected chi connectivity index (χ1v) is 11.9. The van der Waals surface area contributed by atoms with Crippen LogP contribution in [-0.2, 0) is 4.79 Å². The van der Waals surface area contributed by atoms with E-state index < -0.39 is 6.17 Å². The minimum atomic E-state index is -0.971. The lowest BCUT2D eigenvalue weighted by atomic mass is 10.0. The van der Waals surface area contributed by atoms with Gasteiger partial charge in [0.2, 0.25) is 6.17 Å². The van der Waals surface area contributed by atoms with Gasteiger partial charge in [0.05, 0.1) is 23.0 Å². The Morgan fingerprint density at radius 3 is 2.50 bits per heavy atom. The molecule has 0 bridgehead atoms. The van der Waals surface area contributed by atoms with Gasteiger partial charge in [-0.3, -0.25) is 4.79 Å². The van der Waals surface area contributed by atoms with Gasteiger partial charge in [0.15, 0.2) is 5.11 Å². The van der Waals surface area contributed by atoms with Crippen LogP contribution >= 0.6 is 23.8 Å². The van der Waals surface area contributed by atoms with Crippen LogP contribution in [0.2, 0.25) is 5.02 Å². The molecular formula is C28H20ClN5OS. The number of anilines is 2. The quantitative estimate of drug-likeness (QED) is 0.357. The summed E-state index contributed by atoms with van der Waals surface area (Å²) >= 11 is 11.9. The van der Waals surface area contributed by atoms with Crippen molar-refractivity contribution in [3.63, 3.8) is 0 Å². The number of thiocarbonyl (C=S) groups is 1. The Hall–Kier alpha value is -4.25. The SMILES string of the molecule is CN1C(=O)C(NC(=S)Nc2ccc(C#N)c3ccccc23)N=C(c2ccccc2)c2cc(Cl)ccc21. The van der Waals surface area contributed by atoms with Crippen LogP contribution in [0, 0.1) is 11.3 Å². The summed E-state index contributed by atoms with van der Waals surface area (Å²) in [6.45, 7) is 0. The molecule has 1 heterocycles. The maximum absolute atomic E-state index is 13.5. The summed E-state index contributed by atoms with van der Waals surface area (Å²) in [6.07, 6.45) is -0.971. The Bertz CT molecular complexity index is 1580. The number of nitriles is 1. The van der Waals surface area contributed by atoms with Crippen molar-refractivity contribution in [2.24, 2.45) is 4.99 Å². The summed E-state index contributed by atoms with van der Waals surface area (Å²) < 4.78 is 0. The number of rotatable bonds is 3. The van der Waals surface area contributed by atoms with Crippen molar-refractivity contribution in [3.8, 4) is 6.07 Å². The fourth-order valence-electron chi connectivity index (χ4n) is 4.25. The molecular weight excluding hydrogens is 490 g/mol. The minimum absolute atomic E-state index is 0.233. The van der Waals surface area contributed by atoms with Crippen molar-refractivity contribution in [2.75, 3.05) is 17.3 Å². The van der Waals surface area contributed by atoms with Crippen molar-refractivity contribution in [3.05, 3.63) is 107 Å². The third-order valence-electron chi connectivity index (χ3n) is 6.01. The summed E-state index contributed by atoms with van der Waals surface area (Å²) in [7, 11) is 1.71. The summed E-state index contributed by atoms with van der Waals surface area (Å²) in [5.41, 5.74) is 4.24. The number of aliphatic imine (C=N–C) groups is 1. The number of benzene rings is 4. The smallest absolute Gasteiger partial charge is 0.272 e. The number of nitrogens with zero attached hydrogens (tertiary/aromatic N) is 3. The van der Waals surface area contributed by atoms with Gasteiger partial charge in [0.25, 0.3) is 5.91 Å². The number of hydrogen-bond acceptors (Lipinski definition) is 4. The predicted octanol–water partition coefficient (Wildman–Crippen LogP) is 5.49. The molecule has 4 aromatic carbocycles. The van der Waals surface area contributed by atoms with Crippen LogP contribution in [0.25, 0.3) is 10.8 Å². The van der Waals surface area contributed by atoms with E-state index in [0.717, 1.165) is 27.6 Å². The zero-order chi connectivity index (χ0) is 25.2. The molecule has 1 aliphatic heterocycles. The van der Waals surface area contributed by atoms with Crippen LogP contribution in [0.1, 0.15) is 16.7 Å². The van der Waals surface area contributed by atoms with Crippen LogP contribution in [0.4, 0.5) is 11.4 Å². The highest BCUT2D eigenvalue weighted by molar-refractivity contribution is 7.80.